The van der Waals surface area contributed by atoms with Crippen molar-refractivity contribution in [1.82, 2.24) is 10.6 Å². The first kappa shape index (κ1) is 17.2. The van der Waals surface area contributed by atoms with Gasteiger partial charge in [-0.1, -0.05) is 12.1 Å². The number of nitrogens with one attached hydrogen (secondary N) is 3. The first-order valence-corrected chi connectivity index (χ1v) is 7.02. The summed E-state index contributed by atoms with van der Waals surface area (Å²) in [5, 5.41) is 7.84. The summed E-state index contributed by atoms with van der Waals surface area (Å²) >= 11 is 4.23. The summed E-state index contributed by atoms with van der Waals surface area (Å²) in [5.74, 6) is 0. The van der Waals surface area contributed by atoms with E-state index in [-0.39, 0.29) is 12.6 Å². The van der Waals surface area contributed by atoms with E-state index in [2.05, 4.69) is 28.6 Å². The lowest BCUT2D eigenvalue weighted by atomic mass is 10.2. The largest absolute Gasteiger partial charge is 0.444 e. The molecule has 3 N–H and O–H groups in total. The summed E-state index contributed by atoms with van der Waals surface area (Å²) in [6.45, 7) is 5.93. The van der Waals surface area contributed by atoms with E-state index in [0.717, 1.165) is 0 Å². The molecule has 0 spiro atoms. The van der Waals surface area contributed by atoms with Crippen molar-refractivity contribution < 1.29 is 14.3 Å². The van der Waals surface area contributed by atoms with Gasteiger partial charge in [-0.2, -0.15) is 0 Å². The maximum Gasteiger partial charge on any atom is 0.407 e. The standard InChI is InChI=1S/C14H21N3O3S/c1-14(2,3)20-13(19)16-9-8-15-12(18)17-10-6-4-5-7-11(10)21/h4-7,21H,8-9H2,1-3H3,(H,16,19)(H2,15,17,18). The molecule has 7 heteroatoms. The molecule has 1 aromatic carbocycles. The van der Waals surface area contributed by atoms with E-state index in [9.17, 15) is 9.59 Å². The molecule has 6 nitrogen and oxygen atoms in total. The lowest BCUT2D eigenvalue weighted by Gasteiger charge is -2.19. The fraction of sp³-hybridized carbons (Fsp3) is 0.429. The second-order valence-corrected chi connectivity index (χ2v) is 5.81. The number of urea groups is 1. The molecule has 0 saturated carbocycles. The van der Waals surface area contributed by atoms with Crippen LogP contribution in [-0.4, -0.2) is 30.8 Å². The number of hydrogen-bond donors (Lipinski definition) is 4. The predicted octanol–water partition coefficient (Wildman–Crippen LogP) is 2.62. The highest BCUT2D eigenvalue weighted by Crippen LogP contribution is 2.17. The summed E-state index contributed by atoms with van der Waals surface area (Å²) in [6, 6.07) is 6.81. The molecule has 0 saturated heterocycles. The van der Waals surface area contributed by atoms with Crippen LogP contribution in [0.25, 0.3) is 0 Å². The zero-order chi connectivity index (χ0) is 15.9. The number of rotatable bonds is 4. The zero-order valence-electron chi connectivity index (χ0n) is 12.4. The van der Waals surface area contributed by atoms with Crippen molar-refractivity contribution >= 4 is 30.4 Å². The van der Waals surface area contributed by atoms with Crippen LogP contribution >= 0.6 is 12.6 Å². The third kappa shape index (κ3) is 7.45. The second kappa shape index (κ2) is 7.78. The van der Waals surface area contributed by atoms with Gasteiger partial charge in [-0.25, -0.2) is 9.59 Å². The van der Waals surface area contributed by atoms with Gasteiger partial charge < -0.3 is 20.7 Å². The highest BCUT2D eigenvalue weighted by atomic mass is 32.1. The van der Waals surface area contributed by atoms with Gasteiger partial charge in [0.15, 0.2) is 0 Å². The van der Waals surface area contributed by atoms with Crippen molar-refractivity contribution in [2.75, 3.05) is 18.4 Å². The average molecular weight is 311 g/mol. The van der Waals surface area contributed by atoms with E-state index >= 15 is 0 Å². The van der Waals surface area contributed by atoms with E-state index < -0.39 is 11.7 Å². The molecule has 0 atom stereocenters. The Balaban J connectivity index is 2.23. The number of anilines is 1. The monoisotopic (exact) mass is 311 g/mol. The maximum atomic E-state index is 11.6. The van der Waals surface area contributed by atoms with E-state index in [1.807, 2.05) is 6.07 Å². The highest BCUT2D eigenvalue weighted by Gasteiger charge is 2.15. The number of alkyl carbamates (subject to hydrolysis) is 1. The number of para-hydroxylation sites is 1. The van der Waals surface area contributed by atoms with Gasteiger partial charge in [0.1, 0.15) is 5.60 Å². The van der Waals surface area contributed by atoms with Crippen LogP contribution in [0.1, 0.15) is 20.8 Å². The van der Waals surface area contributed by atoms with Crippen molar-refractivity contribution in [3.05, 3.63) is 24.3 Å². The molecular formula is C14H21N3O3S. The third-order valence-corrected chi connectivity index (χ3v) is 2.62. The summed E-state index contributed by atoms with van der Waals surface area (Å²) in [4.78, 5) is 23.7. The van der Waals surface area contributed by atoms with E-state index in [4.69, 9.17) is 4.74 Å². The first-order chi connectivity index (χ1) is 9.78. The van der Waals surface area contributed by atoms with Crippen LogP contribution in [0.15, 0.2) is 29.2 Å². The van der Waals surface area contributed by atoms with Crippen LogP contribution in [0, 0.1) is 0 Å². The normalized spacial score (nSPS) is 10.7. The van der Waals surface area contributed by atoms with Crippen molar-refractivity contribution in [1.29, 1.82) is 0 Å². The highest BCUT2D eigenvalue weighted by molar-refractivity contribution is 7.80. The SMILES string of the molecule is CC(C)(C)OC(=O)NCCNC(=O)Nc1ccccc1S. The number of carbonyl (C=O) groups is 2. The van der Waals surface area contributed by atoms with Gasteiger partial charge in [0.05, 0.1) is 5.69 Å². The van der Waals surface area contributed by atoms with E-state index in [1.165, 1.54) is 0 Å². The molecule has 0 unspecified atom stereocenters. The summed E-state index contributed by atoms with van der Waals surface area (Å²) in [7, 11) is 0. The molecule has 0 aromatic heterocycles. The van der Waals surface area contributed by atoms with Crippen molar-refractivity contribution in [3.63, 3.8) is 0 Å². The Bertz CT molecular complexity index is 500. The topological polar surface area (TPSA) is 79.5 Å². The minimum atomic E-state index is -0.537. The van der Waals surface area contributed by atoms with Crippen LogP contribution in [-0.2, 0) is 4.74 Å². The Morgan fingerprint density at radius 2 is 1.76 bits per heavy atom. The van der Waals surface area contributed by atoms with Gasteiger partial charge in [0.25, 0.3) is 0 Å². The molecule has 3 amide bonds. The Kier molecular flexibility index (Phi) is 6.36. The van der Waals surface area contributed by atoms with Crippen LogP contribution in [0.5, 0.6) is 0 Å². The molecule has 0 aliphatic heterocycles. The van der Waals surface area contributed by atoms with Crippen LogP contribution in [0.3, 0.4) is 0 Å². The minimum Gasteiger partial charge on any atom is -0.444 e. The molecule has 0 aliphatic rings. The third-order valence-electron chi connectivity index (χ3n) is 2.23. The number of ether oxygens (including phenoxy) is 1. The lowest BCUT2D eigenvalue weighted by molar-refractivity contribution is 0.0528. The molecule has 1 aromatic rings. The first-order valence-electron chi connectivity index (χ1n) is 6.57. The number of thiol groups is 1. The number of hydrogen-bond acceptors (Lipinski definition) is 4. The summed E-state index contributed by atoms with van der Waals surface area (Å²) in [6.07, 6.45) is -0.509. The maximum absolute atomic E-state index is 11.6. The Morgan fingerprint density at radius 3 is 2.38 bits per heavy atom. The van der Waals surface area contributed by atoms with Gasteiger partial charge in [-0.3, -0.25) is 0 Å². The van der Waals surface area contributed by atoms with Gasteiger partial charge in [0, 0.05) is 18.0 Å². The molecule has 0 heterocycles. The summed E-state index contributed by atoms with van der Waals surface area (Å²) in [5.41, 5.74) is 0.0870. The van der Waals surface area contributed by atoms with Gasteiger partial charge >= 0.3 is 12.1 Å². The molecule has 0 radical (unpaired) electrons. The average Bonchev–Trinajstić information content (AvgIpc) is 2.35. The molecule has 0 fully saturated rings. The molecular weight excluding hydrogens is 290 g/mol. The fourth-order valence-electron chi connectivity index (χ4n) is 1.40. The molecule has 116 valence electrons. The number of amides is 3. The van der Waals surface area contributed by atoms with Crippen molar-refractivity contribution in [3.8, 4) is 0 Å². The smallest absolute Gasteiger partial charge is 0.407 e. The number of carbonyl (C=O) groups excluding carboxylic acids is 2. The Labute approximate surface area is 130 Å². The Morgan fingerprint density at radius 1 is 1.14 bits per heavy atom. The van der Waals surface area contributed by atoms with Crippen molar-refractivity contribution in [2.24, 2.45) is 0 Å². The van der Waals surface area contributed by atoms with Gasteiger partial charge in [-0.15, -0.1) is 12.6 Å². The van der Waals surface area contributed by atoms with Crippen molar-refractivity contribution in [2.45, 2.75) is 31.3 Å². The predicted molar refractivity (Wildman–Crippen MR) is 85.0 cm³/mol. The Hall–Kier alpha value is -1.89. The minimum absolute atomic E-state index is 0.283. The van der Waals surface area contributed by atoms with Crippen LogP contribution in [0.4, 0.5) is 15.3 Å². The van der Waals surface area contributed by atoms with E-state index in [1.54, 1.807) is 39.0 Å². The molecule has 0 aliphatic carbocycles. The lowest BCUT2D eigenvalue weighted by Crippen LogP contribution is -2.39. The van der Waals surface area contributed by atoms with Crippen LogP contribution in [0.2, 0.25) is 0 Å². The summed E-state index contributed by atoms with van der Waals surface area (Å²) < 4.78 is 5.07. The quantitative estimate of drug-likeness (QED) is 0.510. The van der Waals surface area contributed by atoms with E-state index in [0.29, 0.717) is 17.1 Å². The van der Waals surface area contributed by atoms with Gasteiger partial charge in [0.2, 0.25) is 0 Å². The molecule has 1 rings (SSSR count). The molecule has 21 heavy (non-hydrogen) atoms. The fourth-order valence-corrected chi connectivity index (χ4v) is 1.62. The second-order valence-electron chi connectivity index (χ2n) is 5.33. The zero-order valence-corrected chi connectivity index (χ0v) is 13.3. The van der Waals surface area contributed by atoms with Crippen LogP contribution < -0.4 is 16.0 Å². The molecule has 0 bridgehead atoms. The van der Waals surface area contributed by atoms with Gasteiger partial charge in [-0.05, 0) is 32.9 Å². The number of benzene rings is 1.